The highest BCUT2D eigenvalue weighted by molar-refractivity contribution is 7.13. The lowest BCUT2D eigenvalue weighted by atomic mass is 10.2. The van der Waals surface area contributed by atoms with Crippen molar-refractivity contribution in [3.8, 4) is 0 Å². The molecule has 0 atom stereocenters. The zero-order valence-electron chi connectivity index (χ0n) is 12.8. The molecule has 3 N–H and O–H groups in total. The van der Waals surface area contributed by atoms with Gasteiger partial charge >= 0.3 is 5.97 Å². The van der Waals surface area contributed by atoms with Gasteiger partial charge in [-0.25, -0.2) is 4.79 Å². The first kappa shape index (κ1) is 15.9. The molecule has 2 heterocycles. The van der Waals surface area contributed by atoms with Crippen LogP contribution < -0.4 is 16.0 Å². The maximum absolute atomic E-state index is 12.6. The molecule has 0 aliphatic carbocycles. The lowest BCUT2D eigenvalue weighted by Crippen LogP contribution is -2.25. The van der Waals surface area contributed by atoms with Gasteiger partial charge in [-0.1, -0.05) is 23.5 Å². The number of hydrogen-bond donors (Lipinski definition) is 3. The standard InChI is InChI=1S/C15H15N5O3S/c1-2-23-14(22)12-9(7-16-15-20-17-8-24-15)13(21)19-11-6-4-3-5-10(11)18-12/h3-6,8,18H,2,7H2,1H3,(H,16,20)(H,19,21). The number of fused-ring (bicyclic) bond motifs is 1. The van der Waals surface area contributed by atoms with Crippen LogP contribution in [0.4, 0.5) is 16.5 Å². The summed E-state index contributed by atoms with van der Waals surface area (Å²) in [4.78, 5) is 24.9. The molecule has 0 fully saturated rings. The Balaban J connectivity index is 1.94. The number of hydrogen-bond acceptors (Lipinski definition) is 8. The van der Waals surface area contributed by atoms with Crippen LogP contribution >= 0.6 is 11.3 Å². The number of aromatic nitrogens is 2. The van der Waals surface area contributed by atoms with Gasteiger partial charge in [-0.15, -0.1) is 10.2 Å². The smallest absolute Gasteiger partial charge is 0.355 e. The Morgan fingerprint density at radius 1 is 1.29 bits per heavy atom. The summed E-state index contributed by atoms with van der Waals surface area (Å²) in [6.07, 6.45) is 0. The van der Waals surface area contributed by atoms with E-state index >= 15 is 0 Å². The summed E-state index contributed by atoms with van der Waals surface area (Å²) in [6, 6.07) is 7.14. The molecule has 0 bridgehead atoms. The normalized spacial score (nSPS) is 13.5. The monoisotopic (exact) mass is 345 g/mol. The zero-order chi connectivity index (χ0) is 16.9. The number of esters is 1. The van der Waals surface area contributed by atoms with Crippen molar-refractivity contribution in [2.24, 2.45) is 0 Å². The molecule has 0 saturated heterocycles. The van der Waals surface area contributed by atoms with Gasteiger partial charge in [-0.2, -0.15) is 0 Å². The fourth-order valence-corrected chi connectivity index (χ4v) is 2.63. The summed E-state index contributed by atoms with van der Waals surface area (Å²) in [5, 5.41) is 16.9. The number of rotatable bonds is 5. The Kier molecular flexibility index (Phi) is 4.71. The van der Waals surface area contributed by atoms with Crippen molar-refractivity contribution >= 4 is 39.7 Å². The Morgan fingerprint density at radius 2 is 2.04 bits per heavy atom. The number of para-hydroxylation sites is 2. The van der Waals surface area contributed by atoms with Crippen molar-refractivity contribution in [2.45, 2.75) is 6.92 Å². The average Bonchev–Trinajstić information content (AvgIpc) is 3.04. The maximum Gasteiger partial charge on any atom is 0.355 e. The molecular formula is C15H15N5O3S. The number of amides is 1. The highest BCUT2D eigenvalue weighted by Crippen LogP contribution is 2.28. The van der Waals surface area contributed by atoms with Gasteiger partial charge in [0.25, 0.3) is 5.91 Å². The molecule has 1 aliphatic rings. The molecule has 0 saturated carbocycles. The molecule has 1 aliphatic heterocycles. The van der Waals surface area contributed by atoms with Crippen molar-refractivity contribution < 1.29 is 14.3 Å². The number of anilines is 3. The fraction of sp³-hybridized carbons (Fsp3) is 0.200. The first-order valence-corrected chi connectivity index (χ1v) is 8.14. The number of ether oxygens (including phenoxy) is 1. The predicted molar refractivity (Wildman–Crippen MR) is 90.8 cm³/mol. The quantitative estimate of drug-likeness (QED) is 0.710. The molecule has 2 aromatic rings. The van der Waals surface area contributed by atoms with Crippen LogP contribution in [0.1, 0.15) is 6.92 Å². The van der Waals surface area contributed by atoms with Crippen molar-refractivity contribution in [3.05, 3.63) is 41.0 Å². The molecule has 1 aromatic heterocycles. The van der Waals surface area contributed by atoms with Gasteiger partial charge in [0.1, 0.15) is 11.2 Å². The first-order chi connectivity index (χ1) is 11.7. The Morgan fingerprint density at radius 3 is 2.71 bits per heavy atom. The highest BCUT2D eigenvalue weighted by Gasteiger charge is 2.27. The van der Waals surface area contributed by atoms with Crippen molar-refractivity contribution in [1.82, 2.24) is 10.2 Å². The zero-order valence-corrected chi connectivity index (χ0v) is 13.6. The number of nitrogens with one attached hydrogen (secondary N) is 3. The maximum atomic E-state index is 12.6. The van der Waals surface area contributed by atoms with Gasteiger partial charge in [-0.3, -0.25) is 4.79 Å². The van der Waals surface area contributed by atoms with Crippen LogP contribution in [-0.4, -0.2) is 35.2 Å². The molecular weight excluding hydrogens is 330 g/mol. The predicted octanol–water partition coefficient (Wildman–Crippen LogP) is 1.83. The third-order valence-electron chi connectivity index (χ3n) is 3.27. The van der Waals surface area contributed by atoms with Crippen LogP contribution in [0.25, 0.3) is 0 Å². The third-order valence-corrected chi connectivity index (χ3v) is 3.92. The SMILES string of the molecule is CCOC(=O)C1=C(CNc2nncs2)C(=O)Nc2ccccc2N1. The number of benzene rings is 1. The summed E-state index contributed by atoms with van der Waals surface area (Å²) in [6.45, 7) is 2.03. The second-order valence-electron chi connectivity index (χ2n) is 4.80. The number of nitrogens with zero attached hydrogens (tertiary/aromatic N) is 2. The van der Waals surface area contributed by atoms with Crippen LogP contribution in [0.2, 0.25) is 0 Å². The molecule has 0 unspecified atom stereocenters. The van der Waals surface area contributed by atoms with Crippen LogP contribution in [0.5, 0.6) is 0 Å². The van der Waals surface area contributed by atoms with Crippen molar-refractivity contribution in [2.75, 3.05) is 29.1 Å². The molecule has 1 amide bonds. The second-order valence-corrected chi connectivity index (χ2v) is 5.63. The van der Waals surface area contributed by atoms with Crippen LogP contribution in [-0.2, 0) is 14.3 Å². The molecule has 9 heteroatoms. The number of carbonyl (C=O) groups is 2. The van der Waals surface area contributed by atoms with E-state index < -0.39 is 5.97 Å². The molecule has 0 spiro atoms. The lowest BCUT2D eigenvalue weighted by Gasteiger charge is -2.12. The van der Waals surface area contributed by atoms with Gasteiger partial charge in [0, 0.05) is 0 Å². The van der Waals surface area contributed by atoms with Gasteiger partial charge in [0.15, 0.2) is 0 Å². The van der Waals surface area contributed by atoms with Crippen LogP contribution in [0.3, 0.4) is 0 Å². The van der Waals surface area contributed by atoms with E-state index in [9.17, 15) is 9.59 Å². The largest absolute Gasteiger partial charge is 0.461 e. The van der Waals surface area contributed by atoms with Gasteiger partial charge in [-0.05, 0) is 19.1 Å². The summed E-state index contributed by atoms with van der Waals surface area (Å²) in [7, 11) is 0. The van der Waals surface area contributed by atoms with E-state index in [-0.39, 0.29) is 30.3 Å². The van der Waals surface area contributed by atoms with E-state index in [2.05, 4.69) is 26.1 Å². The highest BCUT2D eigenvalue weighted by atomic mass is 32.1. The molecule has 0 radical (unpaired) electrons. The van der Waals surface area contributed by atoms with E-state index in [0.717, 1.165) is 0 Å². The molecule has 3 rings (SSSR count). The lowest BCUT2D eigenvalue weighted by molar-refractivity contribution is -0.138. The minimum Gasteiger partial charge on any atom is -0.461 e. The third kappa shape index (κ3) is 3.35. The Hall–Kier alpha value is -2.94. The molecule has 124 valence electrons. The van der Waals surface area contributed by atoms with E-state index in [1.807, 2.05) is 6.07 Å². The van der Waals surface area contributed by atoms with Crippen LogP contribution in [0.15, 0.2) is 41.0 Å². The van der Waals surface area contributed by atoms with Gasteiger partial charge in [0.2, 0.25) is 5.13 Å². The fourth-order valence-electron chi connectivity index (χ4n) is 2.18. The molecule has 1 aromatic carbocycles. The van der Waals surface area contributed by atoms with E-state index in [1.54, 1.807) is 30.6 Å². The minimum atomic E-state index is -0.585. The summed E-state index contributed by atoms with van der Waals surface area (Å²) in [5.41, 5.74) is 3.13. The molecule has 24 heavy (non-hydrogen) atoms. The molecule has 8 nitrogen and oxygen atoms in total. The topological polar surface area (TPSA) is 105 Å². The average molecular weight is 345 g/mol. The first-order valence-electron chi connectivity index (χ1n) is 7.26. The van der Waals surface area contributed by atoms with E-state index in [1.165, 1.54) is 11.3 Å². The summed E-state index contributed by atoms with van der Waals surface area (Å²) in [5.74, 6) is -0.967. The van der Waals surface area contributed by atoms with Gasteiger partial charge < -0.3 is 20.7 Å². The Bertz CT molecular complexity index is 788. The summed E-state index contributed by atoms with van der Waals surface area (Å²) >= 11 is 1.30. The van der Waals surface area contributed by atoms with Gasteiger partial charge in [0.05, 0.1) is 30.1 Å². The van der Waals surface area contributed by atoms with Crippen molar-refractivity contribution in [1.29, 1.82) is 0 Å². The van der Waals surface area contributed by atoms with E-state index in [4.69, 9.17) is 4.74 Å². The van der Waals surface area contributed by atoms with Crippen LogP contribution in [0, 0.1) is 0 Å². The van der Waals surface area contributed by atoms with Crippen molar-refractivity contribution in [3.63, 3.8) is 0 Å². The summed E-state index contributed by atoms with van der Waals surface area (Å²) < 4.78 is 5.08. The number of carbonyl (C=O) groups excluding carboxylic acids is 2. The van der Waals surface area contributed by atoms with E-state index in [0.29, 0.717) is 16.5 Å². The second kappa shape index (κ2) is 7.09. The minimum absolute atomic E-state index is 0.107. The Labute approximate surface area is 141 Å².